The molecule has 0 saturated heterocycles. The van der Waals surface area contributed by atoms with Gasteiger partial charge in [0, 0.05) is 6.54 Å². The summed E-state index contributed by atoms with van der Waals surface area (Å²) in [5.41, 5.74) is 1.17. The van der Waals surface area contributed by atoms with E-state index in [4.69, 9.17) is 9.47 Å². The first kappa shape index (κ1) is 17.1. The Morgan fingerprint density at radius 1 is 1.40 bits per heavy atom. The number of halogens is 1. The van der Waals surface area contributed by atoms with Crippen LogP contribution >= 0.6 is 15.9 Å². The molecular weight excluding hydrogens is 318 g/mol. The quantitative estimate of drug-likeness (QED) is 0.536. The number of hydrogen-bond acceptors (Lipinski definition) is 3. The summed E-state index contributed by atoms with van der Waals surface area (Å²) in [5.74, 6) is 1.50. The summed E-state index contributed by atoms with van der Waals surface area (Å²) < 4.78 is 12.4. The summed E-state index contributed by atoms with van der Waals surface area (Å²) in [6, 6.07) is 4.10. The molecule has 0 aliphatic rings. The van der Waals surface area contributed by atoms with Gasteiger partial charge in [-0.1, -0.05) is 19.6 Å². The van der Waals surface area contributed by atoms with Crippen molar-refractivity contribution in [2.75, 3.05) is 13.2 Å². The molecule has 0 aromatic heterocycles. The van der Waals surface area contributed by atoms with Crippen molar-refractivity contribution >= 4 is 15.9 Å². The average molecular weight is 342 g/mol. The van der Waals surface area contributed by atoms with Gasteiger partial charge in [0.05, 0.1) is 11.1 Å². The number of hydrogen-bond donors (Lipinski definition) is 1. The predicted molar refractivity (Wildman–Crippen MR) is 87.6 cm³/mol. The Kier molecular flexibility index (Phi) is 7.70. The molecule has 0 aliphatic heterocycles. The number of nitrogens with one attached hydrogen (secondary N) is 1. The van der Waals surface area contributed by atoms with Crippen LogP contribution in [0.5, 0.6) is 11.5 Å². The molecule has 1 unspecified atom stereocenters. The molecule has 0 bridgehead atoms. The maximum Gasteiger partial charge on any atom is 0.176 e. The highest BCUT2D eigenvalue weighted by atomic mass is 79.9. The molecule has 3 nitrogen and oxygen atoms in total. The summed E-state index contributed by atoms with van der Waals surface area (Å²) in [7, 11) is 0. The SMILES string of the molecule is C=CC(C)Oc1c(Br)cc(CNCCC)cc1OCC. The molecule has 1 aromatic rings. The van der Waals surface area contributed by atoms with E-state index in [1.807, 2.05) is 19.9 Å². The third-order valence-corrected chi connectivity index (χ3v) is 3.35. The van der Waals surface area contributed by atoms with E-state index in [0.29, 0.717) is 6.61 Å². The fraction of sp³-hybridized carbons (Fsp3) is 0.500. The molecule has 20 heavy (non-hydrogen) atoms. The van der Waals surface area contributed by atoms with Gasteiger partial charge in [0.2, 0.25) is 0 Å². The van der Waals surface area contributed by atoms with Crippen molar-refractivity contribution in [2.24, 2.45) is 0 Å². The van der Waals surface area contributed by atoms with Crippen molar-refractivity contribution in [3.63, 3.8) is 0 Å². The van der Waals surface area contributed by atoms with Crippen LogP contribution in [0.4, 0.5) is 0 Å². The monoisotopic (exact) mass is 341 g/mol. The second kappa shape index (κ2) is 9.03. The van der Waals surface area contributed by atoms with Crippen LogP contribution in [-0.2, 0) is 6.54 Å². The maximum atomic E-state index is 5.85. The van der Waals surface area contributed by atoms with Crippen molar-refractivity contribution in [3.8, 4) is 11.5 Å². The Hall–Kier alpha value is -1.00. The number of rotatable bonds is 9. The summed E-state index contributed by atoms with van der Waals surface area (Å²) in [6.45, 7) is 12.3. The van der Waals surface area contributed by atoms with E-state index >= 15 is 0 Å². The lowest BCUT2D eigenvalue weighted by atomic mass is 10.2. The van der Waals surface area contributed by atoms with E-state index in [1.54, 1.807) is 6.08 Å². The fourth-order valence-corrected chi connectivity index (χ4v) is 2.33. The van der Waals surface area contributed by atoms with Crippen LogP contribution < -0.4 is 14.8 Å². The molecule has 1 aromatic carbocycles. The van der Waals surface area contributed by atoms with Crippen LogP contribution in [0.2, 0.25) is 0 Å². The molecule has 4 heteroatoms. The standard InChI is InChI=1S/C16H24BrNO2/c1-5-8-18-11-13-9-14(17)16(20-12(4)6-2)15(10-13)19-7-3/h6,9-10,12,18H,2,5,7-8,11H2,1,3-4H3. The third-order valence-electron chi connectivity index (χ3n) is 2.76. The lowest BCUT2D eigenvalue weighted by Gasteiger charge is -2.18. The van der Waals surface area contributed by atoms with Crippen molar-refractivity contribution in [1.82, 2.24) is 5.32 Å². The smallest absolute Gasteiger partial charge is 0.176 e. The van der Waals surface area contributed by atoms with Crippen molar-refractivity contribution in [1.29, 1.82) is 0 Å². The average Bonchev–Trinajstić information content (AvgIpc) is 2.43. The Bertz CT molecular complexity index is 435. The molecule has 0 saturated carbocycles. The lowest BCUT2D eigenvalue weighted by molar-refractivity contribution is 0.243. The van der Waals surface area contributed by atoms with Crippen LogP contribution in [-0.4, -0.2) is 19.3 Å². The Morgan fingerprint density at radius 2 is 2.15 bits per heavy atom. The first-order valence-electron chi connectivity index (χ1n) is 7.07. The molecule has 0 heterocycles. The molecule has 0 fully saturated rings. The third kappa shape index (κ3) is 5.17. The number of benzene rings is 1. The van der Waals surface area contributed by atoms with Gasteiger partial charge >= 0.3 is 0 Å². The molecule has 1 rings (SSSR count). The number of ether oxygens (including phenoxy) is 2. The van der Waals surface area contributed by atoms with E-state index < -0.39 is 0 Å². The Balaban J connectivity index is 2.95. The Morgan fingerprint density at radius 3 is 2.75 bits per heavy atom. The zero-order valence-electron chi connectivity index (χ0n) is 12.5. The van der Waals surface area contributed by atoms with Crippen molar-refractivity contribution in [3.05, 3.63) is 34.8 Å². The fourth-order valence-electron chi connectivity index (χ4n) is 1.74. The van der Waals surface area contributed by atoms with Gasteiger partial charge in [-0.05, 0) is 60.4 Å². The predicted octanol–water partition coefficient (Wildman–Crippen LogP) is 4.30. The summed E-state index contributed by atoms with van der Waals surface area (Å²) in [6.07, 6.45) is 2.82. The highest BCUT2D eigenvalue weighted by Gasteiger charge is 2.14. The van der Waals surface area contributed by atoms with Gasteiger partial charge in [-0.3, -0.25) is 0 Å². The topological polar surface area (TPSA) is 30.5 Å². The molecule has 0 spiro atoms. The first-order chi connectivity index (χ1) is 9.62. The van der Waals surface area contributed by atoms with Crippen LogP contribution in [0.25, 0.3) is 0 Å². The van der Waals surface area contributed by atoms with Gasteiger partial charge in [-0.2, -0.15) is 0 Å². The van der Waals surface area contributed by atoms with Gasteiger partial charge in [-0.25, -0.2) is 0 Å². The van der Waals surface area contributed by atoms with Gasteiger partial charge in [0.25, 0.3) is 0 Å². The van der Waals surface area contributed by atoms with Gasteiger partial charge in [-0.15, -0.1) is 0 Å². The van der Waals surface area contributed by atoms with Gasteiger partial charge in [0.1, 0.15) is 6.10 Å². The second-order valence-electron chi connectivity index (χ2n) is 4.57. The molecular formula is C16H24BrNO2. The largest absolute Gasteiger partial charge is 0.490 e. The normalized spacial score (nSPS) is 12.0. The van der Waals surface area contributed by atoms with Crippen LogP contribution in [0.1, 0.15) is 32.8 Å². The minimum atomic E-state index is -0.0606. The second-order valence-corrected chi connectivity index (χ2v) is 5.43. The van der Waals surface area contributed by atoms with E-state index in [2.05, 4.69) is 40.8 Å². The maximum absolute atomic E-state index is 5.85. The van der Waals surface area contributed by atoms with E-state index in [0.717, 1.165) is 35.5 Å². The van der Waals surface area contributed by atoms with Gasteiger partial charge in [0.15, 0.2) is 11.5 Å². The zero-order valence-corrected chi connectivity index (χ0v) is 14.1. The van der Waals surface area contributed by atoms with Crippen molar-refractivity contribution in [2.45, 2.75) is 39.8 Å². The summed E-state index contributed by atoms with van der Waals surface area (Å²) in [4.78, 5) is 0. The molecule has 0 amide bonds. The van der Waals surface area contributed by atoms with E-state index in [1.165, 1.54) is 5.56 Å². The Labute approximate surface area is 130 Å². The molecule has 112 valence electrons. The van der Waals surface area contributed by atoms with Crippen LogP contribution in [0, 0.1) is 0 Å². The molecule has 1 atom stereocenters. The highest BCUT2D eigenvalue weighted by molar-refractivity contribution is 9.10. The highest BCUT2D eigenvalue weighted by Crippen LogP contribution is 2.37. The van der Waals surface area contributed by atoms with Crippen LogP contribution in [0.15, 0.2) is 29.3 Å². The zero-order chi connectivity index (χ0) is 15.0. The van der Waals surface area contributed by atoms with Gasteiger partial charge < -0.3 is 14.8 Å². The first-order valence-corrected chi connectivity index (χ1v) is 7.86. The van der Waals surface area contributed by atoms with Crippen molar-refractivity contribution < 1.29 is 9.47 Å². The summed E-state index contributed by atoms with van der Waals surface area (Å²) in [5, 5.41) is 3.39. The van der Waals surface area contributed by atoms with E-state index in [-0.39, 0.29) is 6.10 Å². The lowest BCUT2D eigenvalue weighted by Crippen LogP contribution is -2.14. The minimum absolute atomic E-state index is 0.0606. The van der Waals surface area contributed by atoms with E-state index in [9.17, 15) is 0 Å². The van der Waals surface area contributed by atoms with Crippen LogP contribution in [0.3, 0.4) is 0 Å². The summed E-state index contributed by atoms with van der Waals surface area (Å²) >= 11 is 3.57. The molecule has 0 radical (unpaired) electrons. The molecule has 0 aliphatic carbocycles. The molecule has 1 N–H and O–H groups in total. The minimum Gasteiger partial charge on any atom is -0.490 e.